The van der Waals surface area contributed by atoms with E-state index in [0.717, 1.165) is 0 Å². The van der Waals surface area contributed by atoms with Gasteiger partial charge in [0.1, 0.15) is 23.5 Å². The minimum atomic E-state index is -3.01. The largest absolute Gasteiger partial charge is 0.356 e. The van der Waals surface area contributed by atoms with Crippen LogP contribution in [0.4, 0.5) is 10.2 Å². The summed E-state index contributed by atoms with van der Waals surface area (Å²) in [5.41, 5.74) is 1.14. The molecule has 0 fully saturated rings. The lowest BCUT2D eigenvalue weighted by Gasteiger charge is -2.18. The highest BCUT2D eigenvalue weighted by atomic mass is 35.5. The van der Waals surface area contributed by atoms with Crippen molar-refractivity contribution >= 4 is 38.7 Å². The van der Waals surface area contributed by atoms with Crippen molar-refractivity contribution in [1.29, 1.82) is 4.78 Å². The fourth-order valence-electron chi connectivity index (χ4n) is 2.59. The molecule has 0 aliphatic heterocycles. The maximum absolute atomic E-state index is 13.6. The molecule has 1 unspecified atom stereocenters. The maximum atomic E-state index is 13.6. The predicted molar refractivity (Wildman–Crippen MR) is 104 cm³/mol. The average Bonchev–Trinajstić information content (AvgIpc) is 2.99. The molecule has 27 heavy (non-hydrogen) atoms. The average molecular weight is 428 g/mol. The van der Waals surface area contributed by atoms with Crippen molar-refractivity contribution in [3.05, 3.63) is 69.5 Å². The zero-order valence-electron chi connectivity index (χ0n) is 14.4. The van der Waals surface area contributed by atoms with E-state index in [-0.39, 0.29) is 10.0 Å². The van der Waals surface area contributed by atoms with E-state index in [1.54, 1.807) is 25.1 Å². The molecule has 0 bridgehead atoms. The van der Waals surface area contributed by atoms with E-state index < -0.39 is 21.6 Å². The van der Waals surface area contributed by atoms with Gasteiger partial charge < -0.3 is 10.3 Å². The van der Waals surface area contributed by atoms with Crippen molar-refractivity contribution in [2.24, 2.45) is 0 Å². The van der Waals surface area contributed by atoms with Crippen LogP contribution in [0.25, 0.3) is 0 Å². The molecule has 0 saturated carbocycles. The number of nitrogens with zero attached hydrogens (tertiary/aromatic N) is 2. The Kier molecular flexibility index (Phi) is 5.41. The summed E-state index contributed by atoms with van der Waals surface area (Å²) in [4.78, 5) is 11.6. The molecule has 3 aromatic rings. The van der Waals surface area contributed by atoms with E-state index in [9.17, 15) is 8.60 Å². The number of aromatic amines is 1. The van der Waals surface area contributed by atoms with E-state index in [1.807, 2.05) is 0 Å². The van der Waals surface area contributed by atoms with Gasteiger partial charge in [0.25, 0.3) is 0 Å². The van der Waals surface area contributed by atoms with E-state index in [1.165, 1.54) is 24.6 Å². The second-order valence-electron chi connectivity index (χ2n) is 6.01. The van der Waals surface area contributed by atoms with Crippen LogP contribution >= 0.6 is 23.2 Å². The Morgan fingerprint density at radius 3 is 2.59 bits per heavy atom. The lowest BCUT2D eigenvalue weighted by Crippen LogP contribution is -2.15. The van der Waals surface area contributed by atoms with Crippen molar-refractivity contribution in [3.8, 4) is 0 Å². The van der Waals surface area contributed by atoms with Crippen LogP contribution in [0.5, 0.6) is 0 Å². The minimum Gasteiger partial charge on any atom is -0.356 e. The number of anilines is 1. The molecule has 0 aliphatic rings. The molecule has 1 aromatic carbocycles. The Morgan fingerprint density at radius 2 is 2.04 bits per heavy atom. The summed E-state index contributed by atoms with van der Waals surface area (Å²) in [5.74, 6) is 0.371. The first-order chi connectivity index (χ1) is 12.6. The van der Waals surface area contributed by atoms with Gasteiger partial charge in [-0.15, -0.1) is 0 Å². The molecule has 0 radical (unpaired) electrons. The maximum Gasteiger partial charge on any atom is 0.156 e. The first-order valence-corrected chi connectivity index (χ1v) is 10.5. The lowest BCUT2D eigenvalue weighted by molar-refractivity contribution is 0.627. The third-order valence-corrected chi connectivity index (χ3v) is 5.45. The van der Waals surface area contributed by atoms with E-state index in [4.69, 9.17) is 28.0 Å². The van der Waals surface area contributed by atoms with Gasteiger partial charge in [-0.25, -0.2) is 23.3 Å². The number of rotatable bonds is 5. The summed E-state index contributed by atoms with van der Waals surface area (Å²) in [6.07, 6.45) is 2.79. The number of aromatic nitrogens is 3. The number of pyridine rings is 1. The van der Waals surface area contributed by atoms with Crippen LogP contribution in [0.15, 0.2) is 41.6 Å². The molecule has 3 rings (SSSR count). The van der Waals surface area contributed by atoms with Crippen LogP contribution in [0.2, 0.25) is 10.0 Å². The highest BCUT2D eigenvalue weighted by Crippen LogP contribution is 2.29. The third kappa shape index (κ3) is 4.40. The Labute approximate surface area is 166 Å². The summed E-state index contributed by atoms with van der Waals surface area (Å²) in [6, 6.07) is 7.07. The van der Waals surface area contributed by atoms with Crippen LogP contribution in [-0.4, -0.2) is 25.4 Å². The number of nitrogens with one attached hydrogen (secondary N) is 3. The number of H-pyrrole nitrogens is 1. The van der Waals surface area contributed by atoms with Gasteiger partial charge in [-0.2, -0.15) is 0 Å². The molecule has 3 N–H and O–H groups in total. The molecule has 2 atom stereocenters. The zero-order chi connectivity index (χ0) is 19.8. The molecular weight excluding hydrogens is 412 g/mol. The summed E-state index contributed by atoms with van der Waals surface area (Å²) >= 11 is 11.8. The molecule has 0 aliphatic carbocycles. The first-order valence-electron chi connectivity index (χ1n) is 7.78. The second kappa shape index (κ2) is 7.46. The smallest absolute Gasteiger partial charge is 0.156 e. The van der Waals surface area contributed by atoms with Crippen molar-refractivity contribution in [2.45, 2.75) is 18.0 Å². The molecule has 0 spiro atoms. The van der Waals surface area contributed by atoms with E-state index in [2.05, 4.69) is 20.3 Å². The molecule has 2 aromatic heterocycles. The summed E-state index contributed by atoms with van der Waals surface area (Å²) in [7, 11) is -3.01. The van der Waals surface area contributed by atoms with Gasteiger partial charge in [0, 0.05) is 18.1 Å². The molecule has 2 heterocycles. The molecule has 10 heteroatoms. The number of hydrogen-bond acceptors (Lipinski definition) is 5. The van der Waals surface area contributed by atoms with Crippen LogP contribution in [0.3, 0.4) is 0 Å². The third-order valence-electron chi connectivity index (χ3n) is 3.80. The van der Waals surface area contributed by atoms with Crippen LogP contribution in [0, 0.1) is 17.5 Å². The van der Waals surface area contributed by atoms with Crippen molar-refractivity contribution in [3.63, 3.8) is 0 Å². The summed E-state index contributed by atoms with van der Waals surface area (Å²) in [6.45, 7) is 1.69. The number of benzene rings is 1. The first kappa shape index (κ1) is 19.6. The Balaban J connectivity index is 2.09. The van der Waals surface area contributed by atoms with E-state index in [0.29, 0.717) is 27.9 Å². The Bertz CT molecular complexity index is 1080. The molecule has 6 nitrogen and oxygen atoms in total. The van der Waals surface area contributed by atoms with Gasteiger partial charge in [0.2, 0.25) is 0 Å². The zero-order valence-corrected chi connectivity index (χ0v) is 16.7. The predicted octanol–water partition coefficient (Wildman–Crippen LogP) is 4.80. The fraction of sp³-hybridized carbons (Fsp3) is 0.176. The number of aryl methyl sites for hydroxylation is 1. The van der Waals surface area contributed by atoms with Crippen molar-refractivity contribution in [1.82, 2.24) is 15.0 Å². The van der Waals surface area contributed by atoms with Gasteiger partial charge in [-0.1, -0.05) is 29.3 Å². The summed E-state index contributed by atoms with van der Waals surface area (Å²) < 4.78 is 33.5. The van der Waals surface area contributed by atoms with Gasteiger partial charge in [-0.3, -0.25) is 0 Å². The quantitative estimate of drug-likeness (QED) is 0.544. The molecular formula is C17H16Cl2FN5OS. The van der Waals surface area contributed by atoms with Gasteiger partial charge in [0.05, 0.1) is 19.8 Å². The topological polar surface area (TPSA) is 94.5 Å². The monoisotopic (exact) mass is 427 g/mol. The highest BCUT2D eigenvalue weighted by Gasteiger charge is 2.23. The van der Waals surface area contributed by atoms with Crippen LogP contribution in [-0.2, 0) is 9.73 Å². The fourth-order valence-corrected chi connectivity index (χ4v) is 3.80. The van der Waals surface area contributed by atoms with E-state index >= 15 is 0 Å². The molecule has 0 saturated heterocycles. The number of hydrogen-bond donors (Lipinski definition) is 3. The standard InChI is InChI=1S/C17H16Cl2FN5OS/c1-9-17(27(2,21)26)25-16(23-9)15(10-3-5-13(20)12(19)7-10)24-14-6-4-11(18)8-22-14/h3-8,15,21H,1-2H3,(H,22,24)(H,23,25)/t15-,27?/m1/s1. The Hall–Kier alpha value is -2.16. The lowest BCUT2D eigenvalue weighted by atomic mass is 10.1. The minimum absolute atomic E-state index is 0.0355. The van der Waals surface area contributed by atoms with Crippen LogP contribution < -0.4 is 5.32 Å². The van der Waals surface area contributed by atoms with Gasteiger partial charge >= 0.3 is 0 Å². The SMILES string of the molecule is Cc1[nH]c([C@H](Nc2ccc(Cl)cn2)c2ccc(F)c(Cl)c2)nc1S(C)(=N)=O. The summed E-state index contributed by atoms with van der Waals surface area (Å²) in [5, 5.41) is 3.80. The second-order valence-corrected chi connectivity index (χ2v) is 8.93. The van der Waals surface area contributed by atoms with Crippen LogP contribution in [0.1, 0.15) is 23.1 Å². The number of halogens is 3. The van der Waals surface area contributed by atoms with Crippen molar-refractivity contribution in [2.75, 3.05) is 11.6 Å². The van der Waals surface area contributed by atoms with Gasteiger partial charge in [0.15, 0.2) is 5.03 Å². The molecule has 142 valence electrons. The van der Waals surface area contributed by atoms with Crippen molar-refractivity contribution < 1.29 is 8.60 Å². The molecule has 0 amide bonds. The number of imidazole rings is 1. The Morgan fingerprint density at radius 1 is 1.30 bits per heavy atom. The highest BCUT2D eigenvalue weighted by molar-refractivity contribution is 7.91. The van der Waals surface area contributed by atoms with Gasteiger partial charge in [-0.05, 0) is 36.8 Å². The normalized spacial score (nSPS) is 14.6.